The number of hydrogen-bond donors (Lipinski definition) is 0. The lowest BCUT2D eigenvalue weighted by Gasteiger charge is -2.09. The lowest BCUT2D eigenvalue weighted by molar-refractivity contribution is -1.03. The van der Waals surface area contributed by atoms with Crippen LogP contribution in [0.2, 0.25) is 0 Å². The van der Waals surface area contributed by atoms with Gasteiger partial charge in [0, 0.05) is 0 Å². The lowest BCUT2D eigenvalue weighted by atomic mass is 10.1. The van der Waals surface area contributed by atoms with Crippen LogP contribution < -0.4 is 20.2 Å². The van der Waals surface area contributed by atoms with Gasteiger partial charge in [-0.2, -0.15) is 8.42 Å². The number of rotatable bonds is 5. The minimum atomic E-state index is -3.83. The Morgan fingerprint density at radius 3 is 1.59 bits per heavy atom. The van der Waals surface area contributed by atoms with Gasteiger partial charge in [-0.25, -0.2) is 0 Å². The molecule has 0 heterocycles. The molecule has 0 spiro atoms. The van der Waals surface area contributed by atoms with E-state index in [0.29, 0.717) is 0 Å². The van der Waals surface area contributed by atoms with E-state index < -0.39 is 30.4 Å². The van der Waals surface area contributed by atoms with Crippen molar-refractivity contribution in [2.45, 2.75) is 32.6 Å². The standard InChI is InChI=1S/C22H23IO3S/c1-16-10-12-20(14-18(16)3)23(21-13-11-17(2)19(4)15-21)26-27(24,25)22-8-6-5-7-9-22/h5-15H,1-4H3/q+1. The van der Waals surface area contributed by atoms with Gasteiger partial charge in [0.1, 0.15) is 0 Å². The average molecular weight is 494 g/mol. The molecule has 0 aliphatic carbocycles. The van der Waals surface area contributed by atoms with Gasteiger partial charge in [-0.05, 0) is 88.9 Å². The van der Waals surface area contributed by atoms with E-state index in [-0.39, 0.29) is 4.90 Å². The van der Waals surface area contributed by atoms with Crippen LogP contribution in [-0.2, 0) is 12.6 Å². The second kappa shape index (κ2) is 8.12. The summed E-state index contributed by atoms with van der Waals surface area (Å²) in [5.41, 5.74) is 4.64. The van der Waals surface area contributed by atoms with E-state index in [1.165, 1.54) is 11.1 Å². The zero-order valence-corrected chi connectivity index (χ0v) is 18.8. The largest absolute Gasteiger partial charge is 0.336 e. The Balaban J connectivity index is 2.09. The molecule has 3 rings (SSSR count). The van der Waals surface area contributed by atoms with Gasteiger partial charge < -0.3 is 0 Å². The third-order valence-electron chi connectivity index (χ3n) is 4.51. The Bertz CT molecular complexity index is 1010. The Morgan fingerprint density at radius 2 is 1.15 bits per heavy atom. The van der Waals surface area contributed by atoms with Crippen LogP contribution in [0.3, 0.4) is 0 Å². The molecule has 0 aliphatic rings. The molecule has 0 unspecified atom stereocenters. The smallest absolute Gasteiger partial charge is 0.190 e. The van der Waals surface area contributed by atoms with Crippen LogP contribution in [0.1, 0.15) is 22.3 Å². The molecule has 0 aromatic heterocycles. The van der Waals surface area contributed by atoms with Gasteiger partial charge >= 0.3 is 30.4 Å². The van der Waals surface area contributed by atoms with Crippen molar-refractivity contribution in [1.82, 2.24) is 0 Å². The van der Waals surface area contributed by atoms with Crippen molar-refractivity contribution in [2.24, 2.45) is 0 Å². The van der Waals surface area contributed by atoms with Crippen LogP contribution in [0.4, 0.5) is 0 Å². The van der Waals surface area contributed by atoms with E-state index in [0.717, 1.165) is 18.3 Å². The van der Waals surface area contributed by atoms with Crippen LogP contribution >= 0.6 is 0 Å². The van der Waals surface area contributed by atoms with Crippen LogP contribution in [0, 0.1) is 34.8 Å². The summed E-state index contributed by atoms with van der Waals surface area (Å²) >= 11 is -2.65. The van der Waals surface area contributed by atoms with Gasteiger partial charge in [0.05, 0.1) is 4.90 Å². The molecule has 0 bridgehead atoms. The predicted octanol–water partition coefficient (Wildman–Crippen LogP) is 1.90. The summed E-state index contributed by atoms with van der Waals surface area (Å²) in [5, 5.41) is 0. The monoisotopic (exact) mass is 494 g/mol. The van der Waals surface area contributed by atoms with Gasteiger partial charge in [0.2, 0.25) is 0 Å². The van der Waals surface area contributed by atoms with Gasteiger partial charge in [0.15, 0.2) is 7.14 Å². The van der Waals surface area contributed by atoms with Crippen molar-refractivity contribution in [1.29, 1.82) is 0 Å². The van der Waals surface area contributed by atoms with E-state index in [1.54, 1.807) is 30.3 Å². The number of aryl methyl sites for hydroxylation is 4. The van der Waals surface area contributed by atoms with Crippen molar-refractivity contribution >= 4 is 10.1 Å². The molecule has 0 saturated carbocycles. The third kappa shape index (κ3) is 4.59. The molecule has 0 saturated heterocycles. The fourth-order valence-corrected chi connectivity index (χ4v) is 9.92. The first-order chi connectivity index (χ1) is 12.8. The van der Waals surface area contributed by atoms with E-state index in [9.17, 15) is 8.42 Å². The number of hydrogen-bond acceptors (Lipinski definition) is 3. The highest BCUT2D eigenvalue weighted by Crippen LogP contribution is 2.10. The third-order valence-corrected chi connectivity index (χ3v) is 11.8. The molecule has 0 fully saturated rings. The Labute approximate surface area is 169 Å². The molecule has 1 radical (unpaired) electrons. The molecule has 0 amide bonds. The highest BCUT2D eigenvalue weighted by atomic mass is 127. The maximum absolute atomic E-state index is 12.9. The lowest BCUT2D eigenvalue weighted by Crippen LogP contribution is -3.85. The van der Waals surface area contributed by atoms with Crippen LogP contribution in [0.25, 0.3) is 0 Å². The topological polar surface area (TPSA) is 43.4 Å². The van der Waals surface area contributed by atoms with Crippen molar-refractivity contribution < 1.29 is 31.2 Å². The molecule has 3 aromatic rings. The van der Waals surface area contributed by atoms with Crippen molar-refractivity contribution in [3.05, 3.63) is 96.1 Å². The molecule has 3 nitrogen and oxygen atoms in total. The number of benzene rings is 3. The molecule has 5 heteroatoms. The highest BCUT2D eigenvalue weighted by Gasteiger charge is 2.38. The Kier molecular flexibility index (Phi) is 6.03. The molecule has 27 heavy (non-hydrogen) atoms. The molecule has 0 aliphatic heterocycles. The first kappa shape index (κ1) is 20.0. The first-order valence-corrected chi connectivity index (χ1v) is 13.1. The summed E-state index contributed by atoms with van der Waals surface area (Å²) in [4.78, 5) is 0.194. The van der Waals surface area contributed by atoms with Crippen LogP contribution in [-0.4, -0.2) is 8.42 Å². The zero-order chi connectivity index (χ0) is 19.6. The minimum Gasteiger partial charge on any atom is -0.190 e. The van der Waals surface area contributed by atoms with Crippen molar-refractivity contribution in [3.8, 4) is 0 Å². The number of halogens is 1. The molecule has 0 N–H and O–H groups in total. The molecule has 3 aromatic carbocycles. The minimum absolute atomic E-state index is 0.194. The summed E-state index contributed by atoms with van der Waals surface area (Å²) in [6.45, 7) is 8.18. The fourth-order valence-electron chi connectivity index (χ4n) is 2.53. The van der Waals surface area contributed by atoms with Crippen LogP contribution in [0.15, 0.2) is 71.6 Å². The summed E-state index contributed by atoms with van der Waals surface area (Å²) in [7, 11) is -3.83. The zero-order valence-electron chi connectivity index (χ0n) is 15.9. The quantitative estimate of drug-likeness (QED) is 0.510. The van der Waals surface area contributed by atoms with Gasteiger partial charge in [-0.1, -0.05) is 30.3 Å². The molecular formula is C22H23IO3S+. The van der Waals surface area contributed by atoms with Crippen molar-refractivity contribution in [3.63, 3.8) is 0 Å². The predicted molar refractivity (Wildman–Crippen MR) is 104 cm³/mol. The van der Waals surface area contributed by atoms with Gasteiger partial charge in [-0.15, -0.1) is 0 Å². The van der Waals surface area contributed by atoms with E-state index in [4.69, 9.17) is 2.51 Å². The average Bonchev–Trinajstić information content (AvgIpc) is 2.65. The molecule has 141 valence electrons. The second-order valence-corrected chi connectivity index (χ2v) is 13.0. The molecular weight excluding hydrogens is 471 g/mol. The van der Waals surface area contributed by atoms with Gasteiger partial charge in [-0.3, -0.25) is 0 Å². The summed E-state index contributed by atoms with van der Waals surface area (Å²) in [6.07, 6.45) is 0. The Hall–Kier alpha value is -1.70. The van der Waals surface area contributed by atoms with Crippen molar-refractivity contribution in [2.75, 3.05) is 0 Å². The van der Waals surface area contributed by atoms with E-state index in [1.807, 2.05) is 38.1 Å². The highest BCUT2D eigenvalue weighted by molar-refractivity contribution is 7.86. The van der Waals surface area contributed by atoms with Gasteiger partial charge in [0.25, 0.3) is 0 Å². The van der Waals surface area contributed by atoms with E-state index in [2.05, 4.69) is 26.0 Å². The summed E-state index contributed by atoms with van der Waals surface area (Å²) < 4.78 is 33.7. The Morgan fingerprint density at radius 1 is 0.667 bits per heavy atom. The maximum Gasteiger partial charge on any atom is 0.336 e. The maximum atomic E-state index is 12.9. The summed E-state index contributed by atoms with van der Waals surface area (Å²) in [6, 6.07) is 20.6. The van der Waals surface area contributed by atoms with E-state index >= 15 is 0 Å². The fraction of sp³-hybridized carbons (Fsp3) is 0.182. The normalized spacial score (nSPS) is 11.7. The molecule has 0 atom stereocenters. The first-order valence-electron chi connectivity index (χ1n) is 8.62. The second-order valence-electron chi connectivity index (χ2n) is 6.54. The summed E-state index contributed by atoms with van der Waals surface area (Å²) in [5.74, 6) is 0. The van der Waals surface area contributed by atoms with Crippen LogP contribution in [0.5, 0.6) is 0 Å². The SMILES string of the molecule is Cc1ccc([I+](OS(=O)(=O)c2ccccc2)c2ccc(C)c(C)c2)cc1C.